The molecule has 2 fully saturated rings. The van der Waals surface area contributed by atoms with Crippen LogP contribution in [-0.4, -0.2) is 0 Å². The van der Waals surface area contributed by atoms with Crippen molar-refractivity contribution in [3.05, 3.63) is 0 Å². The Morgan fingerprint density at radius 3 is 1.06 bits per heavy atom. The molecule has 0 N–H and O–H groups in total. The van der Waals surface area contributed by atoms with Crippen molar-refractivity contribution in [1.82, 2.24) is 0 Å². The molecular weight excluding hydrogens is 302 g/mol. The first kappa shape index (κ1) is 18.9. The summed E-state index contributed by atoms with van der Waals surface area (Å²) in [6.07, 6.45) is 15.4. The van der Waals surface area contributed by atoms with Gasteiger partial charge in [0.2, 0.25) is 15.3 Å². The van der Waals surface area contributed by atoms with E-state index in [1.807, 2.05) is 0 Å². The average Bonchev–Trinajstić information content (AvgIpc) is 2.43. The highest BCUT2D eigenvalue weighted by Crippen LogP contribution is 2.37. The van der Waals surface area contributed by atoms with Gasteiger partial charge in [0.25, 0.3) is 0 Å². The normalized spacial score (nSPS) is 21.7. The fourth-order valence-electron chi connectivity index (χ4n) is 3.21. The molecule has 2 aliphatic rings. The van der Waals surface area contributed by atoms with E-state index in [9.17, 15) is 0 Å². The van der Waals surface area contributed by atoms with E-state index in [1.165, 1.54) is 38.5 Å². The van der Waals surface area contributed by atoms with E-state index in [-0.39, 0.29) is 15.3 Å². The summed E-state index contributed by atoms with van der Waals surface area (Å²) < 4.78 is 17.5. The third kappa shape index (κ3) is 9.78. The van der Waals surface area contributed by atoms with Gasteiger partial charge in [-0.25, -0.2) is 0 Å². The molecule has 0 heterocycles. The van der Waals surface area contributed by atoms with Gasteiger partial charge in [-0.3, -0.25) is 9.13 Å². The molecule has 2 aliphatic carbocycles. The molecule has 6 heteroatoms. The van der Waals surface area contributed by atoms with Crippen LogP contribution in [0.4, 0.5) is 0 Å². The molecular formula is C12H24O2P2S2. The molecule has 2 nitrogen and oxygen atoms in total. The van der Waals surface area contributed by atoms with Crippen LogP contribution in [0.3, 0.4) is 0 Å². The second kappa shape index (κ2) is 14.3. The molecule has 0 aromatic carbocycles. The topological polar surface area (TPSA) is 34.1 Å². The lowest BCUT2D eigenvalue weighted by Crippen LogP contribution is -2.20. The molecule has 0 saturated heterocycles. The van der Waals surface area contributed by atoms with Crippen molar-refractivity contribution in [2.75, 3.05) is 0 Å². The minimum Gasteiger partial charge on any atom is -0.262 e. The smallest absolute Gasteiger partial charge is 0.223 e. The first-order chi connectivity index (χ1) is 8.79. The molecule has 106 valence electrons. The summed E-state index contributed by atoms with van der Waals surface area (Å²) in [6, 6.07) is 0. The van der Waals surface area contributed by atoms with Crippen molar-refractivity contribution in [2.45, 2.75) is 64.2 Å². The Hall–Kier alpha value is 0.900. The molecule has 2 saturated carbocycles. The molecule has 0 spiro atoms. The molecule has 0 unspecified atom stereocenters. The van der Waals surface area contributed by atoms with Crippen LogP contribution < -0.4 is 0 Å². The van der Waals surface area contributed by atoms with Crippen LogP contribution in [0.1, 0.15) is 64.2 Å². The van der Waals surface area contributed by atoms with Crippen LogP contribution >= 0.6 is 39.8 Å². The van der Waals surface area contributed by atoms with Crippen molar-refractivity contribution in [2.24, 2.45) is 11.8 Å². The van der Waals surface area contributed by atoms with Gasteiger partial charge in [-0.1, -0.05) is 88.7 Å². The molecule has 0 atom stereocenters. The average molecular weight is 326 g/mol. The van der Waals surface area contributed by atoms with Crippen LogP contribution in [0, 0.1) is 11.8 Å². The second-order valence-electron chi connectivity index (χ2n) is 4.96. The van der Waals surface area contributed by atoms with Gasteiger partial charge in [0.05, 0.1) is 0 Å². The van der Waals surface area contributed by atoms with Crippen molar-refractivity contribution in [3.8, 4) is 0 Å². The van der Waals surface area contributed by atoms with Gasteiger partial charge in [-0.2, -0.15) is 0 Å². The maximum absolute atomic E-state index is 8.77. The highest BCUT2D eigenvalue weighted by Gasteiger charge is 2.24. The van der Waals surface area contributed by atoms with E-state index in [2.05, 4.69) is 24.5 Å². The SMILES string of the molecule is C1CCC(C2CCCCC2)CC1.O=PS.O=PS. The third-order valence-corrected chi connectivity index (χ3v) is 3.97. The Bertz CT molecular complexity index is 184. The Balaban J connectivity index is 0.000000414. The molecule has 0 amide bonds. The summed E-state index contributed by atoms with van der Waals surface area (Å²) in [5.74, 6) is 2.28. The zero-order valence-corrected chi connectivity index (χ0v) is 14.4. The quantitative estimate of drug-likeness (QED) is 0.432. The number of rotatable bonds is 1. The number of hydrogen-bond donors (Lipinski definition) is 2. The molecule has 18 heavy (non-hydrogen) atoms. The zero-order valence-electron chi connectivity index (χ0n) is 10.8. The minimum absolute atomic E-state index is 0.139. The van der Waals surface area contributed by atoms with Gasteiger partial charge in [-0.05, 0) is 11.8 Å². The van der Waals surface area contributed by atoms with Gasteiger partial charge < -0.3 is 0 Å². The Morgan fingerprint density at radius 1 is 0.611 bits per heavy atom. The monoisotopic (exact) mass is 326 g/mol. The second-order valence-corrected chi connectivity index (χ2v) is 6.27. The van der Waals surface area contributed by atoms with E-state index >= 15 is 0 Å². The predicted molar refractivity (Wildman–Crippen MR) is 86.3 cm³/mol. The summed E-state index contributed by atoms with van der Waals surface area (Å²) in [4.78, 5) is 0. The van der Waals surface area contributed by atoms with Gasteiger partial charge in [0, 0.05) is 0 Å². The molecule has 2 rings (SSSR count). The zero-order chi connectivity index (χ0) is 13.6. The lowest BCUT2D eigenvalue weighted by Gasteiger charge is -2.32. The standard InChI is InChI=1S/C12H22.2HOPS/c1-3-7-11(8-4-1)12-9-5-2-6-10-12;2*1-2-3/h11-12H,1-10H2;2*(H,1,3). The van der Waals surface area contributed by atoms with Crippen LogP contribution in [-0.2, 0) is 9.13 Å². The highest BCUT2D eigenvalue weighted by atomic mass is 32.7. The van der Waals surface area contributed by atoms with Crippen molar-refractivity contribution in [1.29, 1.82) is 0 Å². The maximum atomic E-state index is 8.77. The minimum atomic E-state index is -0.139. The van der Waals surface area contributed by atoms with Gasteiger partial charge in [0.15, 0.2) is 0 Å². The van der Waals surface area contributed by atoms with E-state index in [0.717, 1.165) is 11.8 Å². The third-order valence-electron chi connectivity index (χ3n) is 3.97. The van der Waals surface area contributed by atoms with Crippen LogP contribution in [0.25, 0.3) is 0 Å². The van der Waals surface area contributed by atoms with Crippen LogP contribution in [0.2, 0.25) is 0 Å². The van der Waals surface area contributed by atoms with Crippen LogP contribution in [0.5, 0.6) is 0 Å². The number of hydrogen-bond acceptors (Lipinski definition) is 2. The molecule has 0 bridgehead atoms. The number of thiol groups is 2. The largest absolute Gasteiger partial charge is 0.262 e. The first-order valence-electron chi connectivity index (χ1n) is 6.73. The van der Waals surface area contributed by atoms with Crippen molar-refractivity contribution >= 4 is 39.8 Å². The summed E-state index contributed by atoms with van der Waals surface area (Å²) in [6.45, 7) is 0. The fourth-order valence-corrected chi connectivity index (χ4v) is 3.21. The van der Waals surface area contributed by atoms with E-state index in [4.69, 9.17) is 9.13 Å². The Kier molecular flexibility index (Phi) is 15.0. The van der Waals surface area contributed by atoms with Gasteiger partial charge in [0.1, 0.15) is 0 Å². The summed E-state index contributed by atoms with van der Waals surface area (Å²) >= 11 is 6.41. The molecule has 0 radical (unpaired) electrons. The summed E-state index contributed by atoms with van der Waals surface area (Å²) in [7, 11) is -0.278. The van der Waals surface area contributed by atoms with E-state index in [1.54, 1.807) is 25.7 Å². The lowest BCUT2D eigenvalue weighted by atomic mass is 9.73. The van der Waals surface area contributed by atoms with E-state index in [0.29, 0.717) is 0 Å². The predicted octanol–water partition coefficient (Wildman–Crippen LogP) is 6.39. The van der Waals surface area contributed by atoms with Crippen molar-refractivity contribution in [3.63, 3.8) is 0 Å². The van der Waals surface area contributed by atoms with Crippen molar-refractivity contribution < 1.29 is 9.13 Å². The summed E-state index contributed by atoms with van der Waals surface area (Å²) in [5.41, 5.74) is 0. The summed E-state index contributed by atoms with van der Waals surface area (Å²) in [5, 5.41) is 0. The highest BCUT2D eigenvalue weighted by molar-refractivity contribution is 8.34. The van der Waals surface area contributed by atoms with Gasteiger partial charge in [-0.15, -0.1) is 0 Å². The maximum Gasteiger partial charge on any atom is 0.223 e. The Labute approximate surface area is 125 Å². The Morgan fingerprint density at radius 2 is 0.833 bits per heavy atom. The molecule has 0 aliphatic heterocycles. The van der Waals surface area contributed by atoms with E-state index < -0.39 is 0 Å². The fraction of sp³-hybridized carbons (Fsp3) is 1.00. The molecule has 0 aromatic rings. The van der Waals surface area contributed by atoms with Gasteiger partial charge >= 0.3 is 0 Å². The lowest BCUT2D eigenvalue weighted by molar-refractivity contribution is 0.196. The van der Waals surface area contributed by atoms with Crippen LogP contribution in [0.15, 0.2) is 0 Å². The first-order valence-corrected chi connectivity index (χ1v) is 10.7. The molecule has 0 aromatic heterocycles.